The molecule has 0 radical (unpaired) electrons. The van der Waals surface area contributed by atoms with Crippen molar-refractivity contribution in [2.45, 2.75) is 26.7 Å². The summed E-state index contributed by atoms with van der Waals surface area (Å²) >= 11 is 5.87. The molecule has 0 atom stereocenters. The highest BCUT2D eigenvalue weighted by Crippen LogP contribution is 2.26. The molecule has 4 nitrogen and oxygen atoms in total. The summed E-state index contributed by atoms with van der Waals surface area (Å²) in [5.74, 6) is 1.77. The minimum Gasteiger partial charge on any atom is -0.373 e. The van der Waals surface area contributed by atoms with Crippen molar-refractivity contribution in [2.24, 2.45) is 0 Å². The molecule has 21 heavy (non-hydrogen) atoms. The van der Waals surface area contributed by atoms with Gasteiger partial charge in [0.15, 0.2) is 0 Å². The first kappa shape index (κ1) is 15.5. The van der Waals surface area contributed by atoms with Crippen LogP contribution in [0, 0.1) is 12.7 Å². The molecule has 0 unspecified atom stereocenters. The fraction of sp³-hybridized carbons (Fsp3) is 0.333. The summed E-state index contributed by atoms with van der Waals surface area (Å²) in [6.45, 7) is 3.98. The van der Waals surface area contributed by atoms with Gasteiger partial charge in [0.2, 0.25) is 0 Å². The van der Waals surface area contributed by atoms with Crippen molar-refractivity contribution in [3.8, 4) is 0 Å². The van der Waals surface area contributed by atoms with Crippen LogP contribution in [0.15, 0.2) is 18.2 Å². The van der Waals surface area contributed by atoms with Crippen molar-refractivity contribution < 1.29 is 4.39 Å². The summed E-state index contributed by atoms with van der Waals surface area (Å²) < 4.78 is 13.4. The Labute approximate surface area is 128 Å². The number of rotatable bonds is 5. The average Bonchev–Trinajstić information content (AvgIpc) is 2.41. The molecule has 0 spiro atoms. The van der Waals surface area contributed by atoms with Crippen molar-refractivity contribution in [2.75, 3.05) is 17.7 Å². The van der Waals surface area contributed by atoms with Crippen LogP contribution in [-0.4, -0.2) is 17.0 Å². The molecule has 1 heterocycles. The van der Waals surface area contributed by atoms with Crippen LogP contribution in [0.2, 0.25) is 5.02 Å². The number of hydrogen-bond donors (Lipinski definition) is 2. The number of aryl methyl sites for hydroxylation is 1. The van der Waals surface area contributed by atoms with E-state index in [1.54, 1.807) is 6.07 Å². The number of halogens is 2. The molecule has 2 N–H and O–H groups in total. The molecule has 0 aliphatic carbocycles. The smallest absolute Gasteiger partial charge is 0.139 e. The summed E-state index contributed by atoms with van der Waals surface area (Å²) in [6.07, 6.45) is 1.74. The highest BCUT2D eigenvalue weighted by molar-refractivity contribution is 6.30. The molecule has 0 bridgehead atoms. The zero-order valence-electron chi connectivity index (χ0n) is 12.3. The van der Waals surface area contributed by atoms with E-state index in [1.165, 1.54) is 12.1 Å². The van der Waals surface area contributed by atoms with Crippen molar-refractivity contribution in [1.82, 2.24) is 9.97 Å². The van der Waals surface area contributed by atoms with Gasteiger partial charge in [-0.1, -0.05) is 18.5 Å². The Morgan fingerprint density at radius 1 is 1.19 bits per heavy atom. The van der Waals surface area contributed by atoms with Gasteiger partial charge < -0.3 is 10.6 Å². The number of nitrogens with zero attached hydrogens (tertiary/aromatic N) is 2. The molecule has 2 rings (SSSR count). The van der Waals surface area contributed by atoms with E-state index >= 15 is 0 Å². The highest BCUT2D eigenvalue weighted by Gasteiger charge is 2.10. The van der Waals surface area contributed by atoms with E-state index in [9.17, 15) is 4.39 Å². The number of anilines is 3. The van der Waals surface area contributed by atoms with Gasteiger partial charge in [-0.3, -0.25) is 0 Å². The largest absolute Gasteiger partial charge is 0.373 e. The van der Waals surface area contributed by atoms with Crippen molar-refractivity contribution in [1.29, 1.82) is 0 Å². The van der Waals surface area contributed by atoms with Crippen LogP contribution in [0.1, 0.15) is 24.7 Å². The number of benzene rings is 1. The molecule has 0 aliphatic heterocycles. The number of hydrogen-bond acceptors (Lipinski definition) is 4. The number of aromatic nitrogens is 2. The molecule has 1 aromatic heterocycles. The molecule has 1 aromatic carbocycles. The molecule has 0 saturated heterocycles. The van der Waals surface area contributed by atoms with Crippen LogP contribution in [0.25, 0.3) is 0 Å². The minimum absolute atomic E-state index is 0.340. The van der Waals surface area contributed by atoms with Crippen molar-refractivity contribution >= 4 is 28.9 Å². The maximum absolute atomic E-state index is 13.4. The van der Waals surface area contributed by atoms with Crippen molar-refractivity contribution in [3.63, 3.8) is 0 Å². The SMILES string of the molecule is CCCc1nc(NC)c(C)c(Nc2cc(F)cc(Cl)c2)n1. The lowest BCUT2D eigenvalue weighted by molar-refractivity contribution is 0.628. The van der Waals surface area contributed by atoms with Crippen LogP contribution < -0.4 is 10.6 Å². The van der Waals surface area contributed by atoms with Crippen LogP contribution in [0.3, 0.4) is 0 Å². The summed E-state index contributed by atoms with van der Waals surface area (Å²) in [5.41, 5.74) is 1.43. The first-order valence-electron chi connectivity index (χ1n) is 6.82. The third kappa shape index (κ3) is 3.82. The molecule has 6 heteroatoms. The molecule has 2 aromatic rings. The predicted molar refractivity (Wildman–Crippen MR) is 85.0 cm³/mol. The van der Waals surface area contributed by atoms with Gasteiger partial charge in [-0.25, -0.2) is 14.4 Å². The first-order valence-corrected chi connectivity index (χ1v) is 7.19. The Kier molecular flexibility index (Phi) is 4.96. The first-order chi connectivity index (χ1) is 10.0. The lowest BCUT2D eigenvalue weighted by Gasteiger charge is -2.14. The molecule has 0 aliphatic rings. The van der Waals surface area contributed by atoms with E-state index < -0.39 is 0 Å². The van der Waals surface area contributed by atoms with Gasteiger partial charge in [0.1, 0.15) is 23.3 Å². The second-order valence-electron chi connectivity index (χ2n) is 4.75. The van der Waals surface area contributed by atoms with Gasteiger partial charge in [-0.15, -0.1) is 0 Å². The molecular formula is C15H18ClFN4. The van der Waals surface area contributed by atoms with Gasteiger partial charge in [0, 0.05) is 29.7 Å². The van der Waals surface area contributed by atoms with E-state index in [0.29, 0.717) is 16.5 Å². The monoisotopic (exact) mass is 308 g/mol. The Balaban J connectivity index is 2.39. The summed E-state index contributed by atoms with van der Waals surface area (Å²) in [6, 6.07) is 4.30. The Morgan fingerprint density at radius 2 is 1.90 bits per heavy atom. The molecule has 0 amide bonds. The van der Waals surface area contributed by atoms with Gasteiger partial charge in [0.05, 0.1) is 0 Å². The van der Waals surface area contributed by atoms with Crippen LogP contribution in [-0.2, 0) is 6.42 Å². The van der Waals surface area contributed by atoms with Crippen molar-refractivity contribution in [3.05, 3.63) is 40.4 Å². The van der Waals surface area contributed by atoms with E-state index in [2.05, 4.69) is 27.5 Å². The predicted octanol–water partition coefficient (Wildman–Crippen LogP) is 4.32. The third-order valence-electron chi connectivity index (χ3n) is 3.03. The molecule has 112 valence electrons. The fourth-order valence-corrected chi connectivity index (χ4v) is 2.25. The summed E-state index contributed by atoms with van der Waals surface area (Å²) in [7, 11) is 1.81. The van der Waals surface area contributed by atoms with Gasteiger partial charge in [-0.2, -0.15) is 0 Å². The lowest BCUT2D eigenvalue weighted by atomic mass is 10.2. The van der Waals surface area contributed by atoms with Gasteiger partial charge in [0.25, 0.3) is 0 Å². The van der Waals surface area contributed by atoms with Crippen LogP contribution in [0.4, 0.5) is 21.7 Å². The highest BCUT2D eigenvalue weighted by atomic mass is 35.5. The molecular weight excluding hydrogens is 291 g/mol. The maximum atomic E-state index is 13.4. The van der Waals surface area contributed by atoms with Crippen LogP contribution in [0.5, 0.6) is 0 Å². The van der Waals surface area contributed by atoms with Gasteiger partial charge in [-0.05, 0) is 31.5 Å². The van der Waals surface area contributed by atoms with E-state index in [0.717, 1.165) is 30.0 Å². The standard InChI is InChI=1S/C15H18ClFN4/c1-4-5-13-20-14(18-3)9(2)15(21-13)19-12-7-10(16)6-11(17)8-12/h6-8H,4-5H2,1-3H3,(H2,18,19,20,21). The second-order valence-corrected chi connectivity index (χ2v) is 5.18. The average molecular weight is 309 g/mol. The zero-order chi connectivity index (χ0) is 15.4. The minimum atomic E-state index is -0.390. The van der Waals surface area contributed by atoms with E-state index in [-0.39, 0.29) is 5.82 Å². The van der Waals surface area contributed by atoms with Crippen LogP contribution >= 0.6 is 11.6 Å². The molecule has 0 fully saturated rings. The zero-order valence-corrected chi connectivity index (χ0v) is 13.1. The Bertz CT molecular complexity index is 626. The maximum Gasteiger partial charge on any atom is 0.139 e. The second kappa shape index (κ2) is 6.72. The summed E-state index contributed by atoms with van der Waals surface area (Å²) in [4.78, 5) is 8.95. The van der Waals surface area contributed by atoms with E-state index in [4.69, 9.17) is 11.6 Å². The Morgan fingerprint density at radius 3 is 2.52 bits per heavy atom. The fourth-order valence-electron chi connectivity index (χ4n) is 2.03. The third-order valence-corrected chi connectivity index (χ3v) is 3.25. The lowest BCUT2D eigenvalue weighted by Crippen LogP contribution is -2.07. The van der Waals surface area contributed by atoms with Gasteiger partial charge >= 0.3 is 0 Å². The normalized spacial score (nSPS) is 10.5. The van der Waals surface area contributed by atoms with E-state index in [1.807, 2.05) is 14.0 Å². The summed E-state index contributed by atoms with van der Waals surface area (Å²) in [5, 5.41) is 6.50. The quantitative estimate of drug-likeness (QED) is 0.864. The topological polar surface area (TPSA) is 49.8 Å². The Hall–Kier alpha value is -1.88. The molecule has 0 saturated carbocycles. The number of nitrogens with one attached hydrogen (secondary N) is 2.